The molecule has 1 aromatic rings. The number of nitrogens with zero attached hydrogens (tertiary/aromatic N) is 1. The Morgan fingerprint density at radius 1 is 1.54 bits per heavy atom. The van der Waals surface area contributed by atoms with Crippen molar-refractivity contribution in [2.24, 2.45) is 11.7 Å². The lowest BCUT2D eigenvalue weighted by Gasteiger charge is -2.31. The summed E-state index contributed by atoms with van der Waals surface area (Å²) in [5.41, 5.74) is 6.93. The van der Waals surface area contributed by atoms with Gasteiger partial charge in [0, 0.05) is 32.0 Å². The Balaban J connectivity index is 2.70. The van der Waals surface area contributed by atoms with Crippen molar-refractivity contribution in [2.45, 2.75) is 19.9 Å². The van der Waals surface area contributed by atoms with Gasteiger partial charge in [-0.1, -0.05) is 13.8 Å². The molecular formula is C10H19N3. The lowest BCUT2D eigenvalue weighted by atomic mass is 10.0. The van der Waals surface area contributed by atoms with E-state index in [2.05, 4.69) is 36.8 Å². The highest BCUT2D eigenvalue weighted by atomic mass is 15.2. The normalized spacial score (nSPS) is 13.3. The molecule has 1 atom stereocenters. The fourth-order valence-corrected chi connectivity index (χ4v) is 1.60. The van der Waals surface area contributed by atoms with Crippen molar-refractivity contribution in [3.63, 3.8) is 0 Å². The molecule has 0 spiro atoms. The van der Waals surface area contributed by atoms with E-state index in [0.717, 1.165) is 0 Å². The number of rotatable bonds is 4. The molecule has 0 saturated heterocycles. The van der Waals surface area contributed by atoms with Crippen LogP contribution >= 0.6 is 0 Å². The Morgan fingerprint density at radius 2 is 2.23 bits per heavy atom. The summed E-state index contributed by atoms with van der Waals surface area (Å²) < 4.78 is 0. The van der Waals surface area contributed by atoms with Crippen LogP contribution in [0, 0.1) is 5.92 Å². The lowest BCUT2D eigenvalue weighted by Crippen LogP contribution is -2.41. The molecule has 0 amide bonds. The van der Waals surface area contributed by atoms with Crippen molar-refractivity contribution >= 4 is 5.69 Å². The molecular weight excluding hydrogens is 162 g/mol. The second kappa shape index (κ2) is 4.33. The van der Waals surface area contributed by atoms with E-state index in [1.807, 2.05) is 12.4 Å². The van der Waals surface area contributed by atoms with Crippen molar-refractivity contribution in [2.75, 3.05) is 18.5 Å². The minimum Gasteiger partial charge on any atom is -0.369 e. The van der Waals surface area contributed by atoms with E-state index in [4.69, 9.17) is 5.73 Å². The van der Waals surface area contributed by atoms with Crippen molar-refractivity contribution in [1.82, 2.24) is 4.98 Å². The van der Waals surface area contributed by atoms with Gasteiger partial charge in [0.1, 0.15) is 0 Å². The number of hydrogen-bond acceptors (Lipinski definition) is 2. The van der Waals surface area contributed by atoms with Gasteiger partial charge in [0.15, 0.2) is 0 Å². The zero-order valence-corrected chi connectivity index (χ0v) is 8.62. The van der Waals surface area contributed by atoms with Crippen molar-refractivity contribution < 1.29 is 0 Å². The topological polar surface area (TPSA) is 45.0 Å². The summed E-state index contributed by atoms with van der Waals surface area (Å²) in [4.78, 5) is 5.27. The van der Waals surface area contributed by atoms with Gasteiger partial charge in [-0.05, 0) is 12.0 Å². The maximum Gasteiger partial charge on any atom is 0.0544 e. The largest absolute Gasteiger partial charge is 0.369 e. The molecule has 0 aliphatic heterocycles. The molecule has 0 bridgehead atoms. The molecule has 0 aliphatic rings. The summed E-state index contributed by atoms with van der Waals surface area (Å²) in [5.74, 6) is 0.574. The number of hydrogen-bond donors (Lipinski definition) is 2. The number of aromatic nitrogens is 1. The Morgan fingerprint density at radius 3 is 2.62 bits per heavy atom. The highest BCUT2D eigenvalue weighted by Gasteiger charge is 2.17. The molecule has 13 heavy (non-hydrogen) atoms. The SMILES string of the molecule is CC(C)C(CN)N(C)c1cc[nH]c1. The first-order valence-electron chi connectivity index (χ1n) is 4.72. The quantitative estimate of drug-likeness (QED) is 0.738. The first kappa shape index (κ1) is 10.1. The number of likely N-dealkylation sites (N-methyl/N-ethyl adjacent to an activating group) is 1. The summed E-state index contributed by atoms with van der Waals surface area (Å²) in [5, 5.41) is 0. The van der Waals surface area contributed by atoms with Gasteiger partial charge in [-0.15, -0.1) is 0 Å². The molecule has 3 heteroatoms. The van der Waals surface area contributed by atoms with Gasteiger partial charge in [0.25, 0.3) is 0 Å². The highest BCUT2D eigenvalue weighted by molar-refractivity contribution is 5.44. The van der Waals surface area contributed by atoms with Gasteiger partial charge in [-0.25, -0.2) is 0 Å². The number of nitrogens with two attached hydrogens (primary N) is 1. The fraction of sp³-hybridized carbons (Fsp3) is 0.600. The fourth-order valence-electron chi connectivity index (χ4n) is 1.60. The van der Waals surface area contributed by atoms with Crippen LogP contribution in [0.5, 0.6) is 0 Å². The van der Waals surface area contributed by atoms with Crippen LogP contribution in [-0.2, 0) is 0 Å². The third kappa shape index (κ3) is 2.25. The maximum atomic E-state index is 5.73. The number of anilines is 1. The number of H-pyrrole nitrogens is 1. The van der Waals surface area contributed by atoms with Crippen LogP contribution in [0.25, 0.3) is 0 Å². The second-order valence-electron chi connectivity index (χ2n) is 3.73. The second-order valence-corrected chi connectivity index (χ2v) is 3.73. The molecule has 1 heterocycles. The molecule has 1 aromatic heterocycles. The molecule has 1 unspecified atom stereocenters. The highest BCUT2D eigenvalue weighted by Crippen LogP contribution is 2.17. The first-order valence-corrected chi connectivity index (χ1v) is 4.72. The van der Waals surface area contributed by atoms with Crippen molar-refractivity contribution in [3.05, 3.63) is 18.5 Å². The molecule has 3 N–H and O–H groups in total. The minimum atomic E-state index is 0.413. The lowest BCUT2D eigenvalue weighted by molar-refractivity contribution is 0.480. The van der Waals surface area contributed by atoms with E-state index in [0.29, 0.717) is 18.5 Å². The number of nitrogens with one attached hydrogen (secondary N) is 1. The van der Waals surface area contributed by atoms with Gasteiger partial charge in [0.2, 0.25) is 0 Å². The van der Waals surface area contributed by atoms with E-state index in [9.17, 15) is 0 Å². The molecule has 0 aromatic carbocycles. The van der Waals surface area contributed by atoms with Crippen LogP contribution in [0.3, 0.4) is 0 Å². The third-order valence-electron chi connectivity index (χ3n) is 2.50. The van der Waals surface area contributed by atoms with Gasteiger partial charge < -0.3 is 15.6 Å². The summed E-state index contributed by atoms with van der Waals surface area (Å²) in [6.07, 6.45) is 3.92. The van der Waals surface area contributed by atoms with E-state index in [1.165, 1.54) is 5.69 Å². The molecule has 0 saturated carbocycles. The van der Waals surface area contributed by atoms with E-state index in [-0.39, 0.29) is 0 Å². The van der Waals surface area contributed by atoms with Crippen LogP contribution in [0.2, 0.25) is 0 Å². The van der Waals surface area contributed by atoms with Crippen LogP contribution in [-0.4, -0.2) is 24.6 Å². The van der Waals surface area contributed by atoms with Gasteiger partial charge >= 0.3 is 0 Å². The van der Waals surface area contributed by atoms with Crippen LogP contribution in [0.4, 0.5) is 5.69 Å². The van der Waals surface area contributed by atoms with Gasteiger partial charge in [0.05, 0.1) is 5.69 Å². The number of aromatic amines is 1. The first-order chi connectivity index (χ1) is 6.16. The molecule has 0 radical (unpaired) electrons. The summed E-state index contributed by atoms with van der Waals surface area (Å²) >= 11 is 0. The van der Waals surface area contributed by atoms with Crippen molar-refractivity contribution in [1.29, 1.82) is 0 Å². The zero-order valence-electron chi connectivity index (χ0n) is 8.62. The van der Waals surface area contributed by atoms with Crippen LogP contribution in [0.15, 0.2) is 18.5 Å². The third-order valence-corrected chi connectivity index (χ3v) is 2.50. The molecule has 3 nitrogen and oxygen atoms in total. The monoisotopic (exact) mass is 181 g/mol. The average molecular weight is 181 g/mol. The summed E-state index contributed by atoms with van der Waals surface area (Å²) in [6.45, 7) is 5.08. The smallest absolute Gasteiger partial charge is 0.0544 e. The summed E-state index contributed by atoms with van der Waals surface area (Å²) in [6, 6.07) is 2.47. The molecule has 74 valence electrons. The van der Waals surface area contributed by atoms with Gasteiger partial charge in [-0.2, -0.15) is 0 Å². The Labute approximate surface area is 79.9 Å². The molecule has 1 rings (SSSR count). The van der Waals surface area contributed by atoms with Crippen LogP contribution in [0.1, 0.15) is 13.8 Å². The van der Waals surface area contributed by atoms with Gasteiger partial charge in [-0.3, -0.25) is 0 Å². The Kier molecular flexibility index (Phi) is 3.37. The average Bonchev–Trinajstić information content (AvgIpc) is 2.56. The van der Waals surface area contributed by atoms with Crippen molar-refractivity contribution in [3.8, 4) is 0 Å². The predicted molar refractivity (Wildman–Crippen MR) is 56.9 cm³/mol. The molecule has 0 fully saturated rings. The summed E-state index contributed by atoms with van der Waals surface area (Å²) in [7, 11) is 2.08. The predicted octanol–water partition coefficient (Wildman–Crippen LogP) is 1.43. The molecule has 0 aliphatic carbocycles. The standard InChI is InChI=1S/C10H19N3/c1-8(2)10(6-11)13(3)9-4-5-12-7-9/h4-5,7-8,10,12H,6,11H2,1-3H3. The van der Waals surface area contributed by atoms with Crippen LogP contribution < -0.4 is 10.6 Å². The van der Waals surface area contributed by atoms with E-state index in [1.54, 1.807) is 0 Å². The Bertz CT molecular complexity index is 228. The Hall–Kier alpha value is -0.960. The zero-order chi connectivity index (χ0) is 9.84. The minimum absolute atomic E-state index is 0.413. The maximum absolute atomic E-state index is 5.73. The van der Waals surface area contributed by atoms with E-state index < -0.39 is 0 Å². The van der Waals surface area contributed by atoms with E-state index >= 15 is 0 Å².